The molecule has 0 aliphatic carbocycles. The molecule has 0 saturated heterocycles. The molecule has 18 heavy (non-hydrogen) atoms. The predicted octanol–water partition coefficient (Wildman–Crippen LogP) is 4.00. The lowest BCUT2D eigenvalue weighted by atomic mass is 10.2. The highest BCUT2D eigenvalue weighted by Crippen LogP contribution is 2.28. The summed E-state index contributed by atoms with van der Waals surface area (Å²) in [7, 11) is 0. The minimum absolute atomic E-state index is 0.708. The number of benzene rings is 1. The molecular weight excluding hydrogens is 269 g/mol. The van der Waals surface area contributed by atoms with Gasteiger partial charge in [-0.05, 0) is 31.0 Å². The molecule has 1 heterocycles. The number of nitrogens with one attached hydrogen (secondary N) is 1. The Morgan fingerprint density at radius 1 is 1.28 bits per heavy atom. The van der Waals surface area contributed by atoms with Crippen LogP contribution in [0.4, 0.5) is 5.69 Å². The van der Waals surface area contributed by atoms with Gasteiger partial charge in [-0.3, -0.25) is 0 Å². The van der Waals surface area contributed by atoms with E-state index in [-0.39, 0.29) is 0 Å². The van der Waals surface area contributed by atoms with E-state index in [2.05, 4.69) is 10.3 Å². The smallest absolute Gasteiger partial charge is 0.0945 e. The Kier molecular flexibility index (Phi) is 4.50. The summed E-state index contributed by atoms with van der Waals surface area (Å²) in [6.07, 6.45) is 6.55. The summed E-state index contributed by atoms with van der Waals surface area (Å²) >= 11 is 12.2. The largest absolute Gasteiger partial charge is 0.384 e. The lowest BCUT2D eigenvalue weighted by Gasteiger charge is -2.10. The molecule has 0 aliphatic heterocycles. The second-order valence-electron chi connectivity index (χ2n) is 4.16. The Hall–Kier alpha value is -1.19. The molecule has 96 valence electrons. The third-order valence-electron chi connectivity index (χ3n) is 2.72. The Morgan fingerprint density at radius 3 is 2.83 bits per heavy atom. The molecule has 0 amide bonds. The summed E-state index contributed by atoms with van der Waals surface area (Å²) in [4.78, 5) is 4.00. The summed E-state index contributed by atoms with van der Waals surface area (Å²) in [5.41, 5.74) is 1.88. The van der Waals surface area contributed by atoms with Gasteiger partial charge in [-0.25, -0.2) is 4.98 Å². The molecule has 0 radical (unpaired) electrons. The highest BCUT2D eigenvalue weighted by atomic mass is 35.5. The third-order valence-corrected chi connectivity index (χ3v) is 3.44. The third kappa shape index (κ3) is 3.40. The van der Waals surface area contributed by atoms with E-state index in [1.54, 1.807) is 6.20 Å². The molecule has 1 aromatic carbocycles. The van der Waals surface area contributed by atoms with Gasteiger partial charge in [0.05, 0.1) is 17.0 Å². The van der Waals surface area contributed by atoms with Crippen LogP contribution in [-0.2, 0) is 6.54 Å². The van der Waals surface area contributed by atoms with E-state index >= 15 is 0 Å². The van der Waals surface area contributed by atoms with Crippen LogP contribution in [0, 0.1) is 6.92 Å². The predicted molar refractivity (Wildman–Crippen MR) is 76.5 cm³/mol. The zero-order valence-corrected chi connectivity index (χ0v) is 11.7. The number of halogens is 2. The number of anilines is 1. The number of aryl methyl sites for hydroxylation is 2. The molecular formula is C13H15Cl2N3. The maximum Gasteiger partial charge on any atom is 0.0945 e. The quantitative estimate of drug-likeness (QED) is 0.841. The van der Waals surface area contributed by atoms with Crippen LogP contribution < -0.4 is 5.32 Å². The fraction of sp³-hybridized carbons (Fsp3) is 0.308. The van der Waals surface area contributed by atoms with E-state index < -0.39 is 0 Å². The van der Waals surface area contributed by atoms with Gasteiger partial charge < -0.3 is 9.88 Å². The first-order chi connectivity index (χ1) is 8.66. The zero-order chi connectivity index (χ0) is 13.0. The normalized spacial score (nSPS) is 10.6. The first-order valence-corrected chi connectivity index (χ1v) is 6.57. The number of aromatic nitrogens is 2. The van der Waals surface area contributed by atoms with E-state index in [4.69, 9.17) is 23.2 Å². The van der Waals surface area contributed by atoms with Crippen LogP contribution in [0.1, 0.15) is 12.0 Å². The summed E-state index contributed by atoms with van der Waals surface area (Å²) in [6.45, 7) is 3.72. The molecule has 0 saturated carbocycles. The van der Waals surface area contributed by atoms with Crippen LogP contribution in [0.5, 0.6) is 0 Å². The Bertz CT molecular complexity index is 509. The lowest BCUT2D eigenvalue weighted by molar-refractivity contribution is 0.661. The molecule has 3 nitrogen and oxygen atoms in total. The Labute approximate surface area is 117 Å². The van der Waals surface area contributed by atoms with Gasteiger partial charge in [0.1, 0.15) is 0 Å². The molecule has 0 atom stereocenters. The summed E-state index contributed by atoms with van der Waals surface area (Å²) in [5, 5.41) is 4.73. The molecule has 0 bridgehead atoms. The molecule has 2 aromatic rings. The van der Waals surface area contributed by atoms with Gasteiger partial charge in [0.15, 0.2) is 0 Å². The summed E-state index contributed by atoms with van der Waals surface area (Å²) < 4.78 is 2.05. The van der Waals surface area contributed by atoms with Gasteiger partial charge >= 0.3 is 0 Å². The molecule has 1 N–H and O–H groups in total. The number of hydrogen-bond donors (Lipinski definition) is 1. The van der Waals surface area contributed by atoms with Crippen LogP contribution in [0.25, 0.3) is 0 Å². The van der Waals surface area contributed by atoms with Crippen LogP contribution in [0.2, 0.25) is 10.0 Å². The van der Waals surface area contributed by atoms with Crippen LogP contribution in [-0.4, -0.2) is 16.1 Å². The topological polar surface area (TPSA) is 29.9 Å². The lowest BCUT2D eigenvalue weighted by Crippen LogP contribution is -2.06. The molecule has 2 rings (SSSR count). The van der Waals surface area contributed by atoms with E-state index in [0.29, 0.717) is 5.02 Å². The zero-order valence-electron chi connectivity index (χ0n) is 10.2. The van der Waals surface area contributed by atoms with Gasteiger partial charge in [0, 0.05) is 30.5 Å². The first-order valence-electron chi connectivity index (χ1n) is 5.82. The van der Waals surface area contributed by atoms with Crippen molar-refractivity contribution in [2.75, 3.05) is 11.9 Å². The highest BCUT2D eigenvalue weighted by Gasteiger charge is 2.03. The van der Waals surface area contributed by atoms with Crippen LogP contribution in [0.15, 0.2) is 30.9 Å². The minimum atomic E-state index is 0.708. The van der Waals surface area contributed by atoms with Gasteiger partial charge in [-0.1, -0.05) is 23.2 Å². The number of imidazole rings is 1. The summed E-state index contributed by atoms with van der Waals surface area (Å²) in [5.74, 6) is 0. The molecule has 5 heteroatoms. The van der Waals surface area contributed by atoms with Crippen LogP contribution >= 0.6 is 23.2 Å². The average molecular weight is 284 g/mol. The van der Waals surface area contributed by atoms with E-state index in [1.165, 1.54) is 0 Å². The standard InChI is InChI=1S/C13H15Cl2N3/c1-10-7-12(15)13(8-11(10)14)17-3-2-5-18-6-4-16-9-18/h4,6-9,17H,2-3,5H2,1H3. The van der Waals surface area contributed by atoms with Crippen molar-refractivity contribution in [3.8, 4) is 0 Å². The van der Waals surface area contributed by atoms with Crippen molar-refractivity contribution in [2.24, 2.45) is 0 Å². The fourth-order valence-corrected chi connectivity index (χ4v) is 2.13. The minimum Gasteiger partial charge on any atom is -0.384 e. The second-order valence-corrected chi connectivity index (χ2v) is 4.98. The number of hydrogen-bond acceptors (Lipinski definition) is 2. The van der Waals surface area contributed by atoms with Crippen LogP contribution in [0.3, 0.4) is 0 Å². The molecule has 0 aliphatic rings. The maximum absolute atomic E-state index is 6.14. The SMILES string of the molecule is Cc1cc(Cl)c(NCCCn2ccnc2)cc1Cl. The van der Waals surface area contributed by atoms with Crippen molar-refractivity contribution in [2.45, 2.75) is 19.9 Å². The van der Waals surface area contributed by atoms with Crippen molar-refractivity contribution in [1.82, 2.24) is 9.55 Å². The summed E-state index contributed by atoms with van der Waals surface area (Å²) in [6, 6.07) is 3.75. The number of nitrogens with zero attached hydrogens (tertiary/aromatic N) is 2. The maximum atomic E-state index is 6.14. The fourth-order valence-electron chi connectivity index (χ4n) is 1.69. The van der Waals surface area contributed by atoms with Crippen molar-refractivity contribution in [3.63, 3.8) is 0 Å². The second kappa shape index (κ2) is 6.12. The van der Waals surface area contributed by atoms with Gasteiger partial charge in [-0.2, -0.15) is 0 Å². The Morgan fingerprint density at radius 2 is 2.11 bits per heavy atom. The van der Waals surface area contributed by atoms with Crippen molar-refractivity contribution < 1.29 is 0 Å². The van der Waals surface area contributed by atoms with Gasteiger partial charge in [0.25, 0.3) is 0 Å². The Balaban J connectivity index is 1.85. The average Bonchev–Trinajstić information content (AvgIpc) is 2.84. The molecule has 0 fully saturated rings. The highest BCUT2D eigenvalue weighted by molar-refractivity contribution is 6.35. The monoisotopic (exact) mass is 283 g/mol. The molecule has 0 spiro atoms. The van der Waals surface area contributed by atoms with E-state index in [9.17, 15) is 0 Å². The molecule has 0 unspecified atom stereocenters. The van der Waals surface area contributed by atoms with E-state index in [0.717, 1.165) is 35.8 Å². The van der Waals surface area contributed by atoms with Gasteiger partial charge in [-0.15, -0.1) is 0 Å². The first kappa shape index (κ1) is 13.2. The van der Waals surface area contributed by atoms with Crippen molar-refractivity contribution >= 4 is 28.9 Å². The molecule has 1 aromatic heterocycles. The van der Waals surface area contributed by atoms with Crippen molar-refractivity contribution in [1.29, 1.82) is 0 Å². The van der Waals surface area contributed by atoms with E-state index in [1.807, 2.05) is 36.1 Å². The number of rotatable bonds is 5. The van der Waals surface area contributed by atoms with Gasteiger partial charge in [0.2, 0.25) is 0 Å². The van der Waals surface area contributed by atoms with Crippen molar-refractivity contribution in [3.05, 3.63) is 46.5 Å².